The van der Waals surface area contributed by atoms with Gasteiger partial charge in [0.05, 0.1) is 6.26 Å². The summed E-state index contributed by atoms with van der Waals surface area (Å²) in [5.41, 5.74) is 2.33. The van der Waals surface area contributed by atoms with Crippen LogP contribution in [-0.2, 0) is 11.3 Å². The lowest BCUT2D eigenvalue weighted by Gasteiger charge is -2.09. The van der Waals surface area contributed by atoms with Crippen LogP contribution >= 0.6 is 11.3 Å². The maximum atomic E-state index is 12.3. The van der Waals surface area contributed by atoms with Crippen LogP contribution in [0.1, 0.15) is 28.6 Å². The van der Waals surface area contributed by atoms with Crippen molar-refractivity contribution in [2.75, 3.05) is 0 Å². The van der Waals surface area contributed by atoms with Crippen molar-refractivity contribution < 1.29 is 14.0 Å². The molecular formula is C19H19N3O3S. The van der Waals surface area contributed by atoms with E-state index in [0.717, 1.165) is 5.56 Å². The minimum absolute atomic E-state index is 0.162. The van der Waals surface area contributed by atoms with Crippen LogP contribution in [0.15, 0.2) is 63.6 Å². The zero-order valence-electron chi connectivity index (χ0n) is 14.5. The monoisotopic (exact) mass is 369 g/mol. The summed E-state index contributed by atoms with van der Waals surface area (Å²) < 4.78 is 6.93. The Morgan fingerprint density at radius 3 is 2.73 bits per heavy atom. The lowest BCUT2D eigenvalue weighted by molar-refractivity contribution is -0.119. The molecule has 26 heavy (non-hydrogen) atoms. The van der Waals surface area contributed by atoms with Gasteiger partial charge in [0, 0.05) is 18.1 Å². The molecule has 0 aliphatic heterocycles. The first-order chi connectivity index (χ1) is 12.5. The molecule has 0 fully saturated rings. The first-order valence-corrected chi connectivity index (χ1v) is 9.03. The second-order valence-electron chi connectivity index (χ2n) is 5.92. The number of hydrogen-bond donors (Lipinski definition) is 1. The molecule has 1 aromatic carbocycles. The van der Waals surface area contributed by atoms with Crippen LogP contribution in [0.3, 0.4) is 0 Å². The summed E-state index contributed by atoms with van der Waals surface area (Å²) in [6.45, 7) is 4.27. The number of aryl methyl sites for hydroxylation is 1. The summed E-state index contributed by atoms with van der Waals surface area (Å²) in [7, 11) is 0. The van der Waals surface area contributed by atoms with Gasteiger partial charge in [0.1, 0.15) is 6.04 Å². The van der Waals surface area contributed by atoms with Crippen molar-refractivity contribution in [1.82, 2.24) is 9.88 Å². The van der Waals surface area contributed by atoms with Gasteiger partial charge in [-0.25, -0.2) is 0 Å². The van der Waals surface area contributed by atoms with Crippen LogP contribution < -0.4 is 10.1 Å². The number of rotatable bonds is 5. The van der Waals surface area contributed by atoms with Crippen LogP contribution in [0.2, 0.25) is 0 Å². The van der Waals surface area contributed by atoms with Crippen molar-refractivity contribution in [2.24, 2.45) is 4.99 Å². The van der Waals surface area contributed by atoms with Gasteiger partial charge in [0.2, 0.25) is 0 Å². The summed E-state index contributed by atoms with van der Waals surface area (Å²) in [6, 6.07) is 10.6. The molecule has 134 valence electrons. The summed E-state index contributed by atoms with van der Waals surface area (Å²) in [6.07, 6.45) is 3.30. The topological polar surface area (TPSA) is 76.6 Å². The van der Waals surface area contributed by atoms with E-state index in [-0.39, 0.29) is 5.76 Å². The van der Waals surface area contributed by atoms with Gasteiger partial charge in [-0.1, -0.05) is 29.8 Å². The van der Waals surface area contributed by atoms with Crippen LogP contribution in [0.25, 0.3) is 0 Å². The van der Waals surface area contributed by atoms with Gasteiger partial charge in [-0.2, -0.15) is 4.99 Å². The van der Waals surface area contributed by atoms with Crippen LogP contribution in [0.5, 0.6) is 0 Å². The fourth-order valence-corrected chi connectivity index (χ4v) is 3.06. The van der Waals surface area contributed by atoms with E-state index in [4.69, 9.17) is 4.42 Å². The molecule has 1 N–H and O–H groups in total. The van der Waals surface area contributed by atoms with E-state index >= 15 is 0 Å². The second-order valence-corrected chi connectivity index (χ2v) is 6.79. The lowest BCUT2D eigenvalue weighted by Crippen LogP contribution is -2.38. The molecule has 3 aromatic rings. The number of benzene rings is 1. The summed E-state index contributed by atoms with van der Waals surface area (Å²) in [5.74, 6) is -0.690. The van der Waals surface area contributed by atoms with E-state index in [1.807, 2.05) is 23.1 Å². The minimum Gasteiger partial charge on any atom is -0.459 e. The Morgan fingerprint density at radius 1 is 1.27 bits per heavy atom. The Morgan fingerprint density at radius 2 is 2.04 bits per heavy atom. The van der Waals surface area contributed by atoms with E-state index in [1.54, 1.807) is 19.1 Å². The highest BCUT2D eigenvalue weighted by atomic mass is 32.1. The molecule has 3 rings (SSSR count). The number of carbonyl (C=O) groups is 2. The van der Waals surface area contributed by atoms with Crippen molar-refractivity contribution in [1.29, 1.82) is 0 Å². The van der Waals surface area contributed by atoms with Crippen LogP contribution in [0, 0.1) is 6.92 Å². The van der Waals surface area contributed by atoms with Crippen molar-refractivity contribution in [3.63, 3.8) is 0 Å². The van der Waals surface area contributed by atoms with Gasteiger partial charge in [0.15, 0.2) is 10.6 Å². The van der Waals surface area contributed by atoms with Gasteiger partial charge in [-0.3, -0.25) is 9.59 Å². The molecule has 0 radical (unpaired) electrons. The largest absolute Gasteiger partial charge is 0.459 e. The molecular weight excluding hydrogens is 350 g/mol. The normalized spacial score (nSPS) is 12.8. The summed E-state index contributed by atoms with van der Waals surface area (Å²) in [5, 5.41) is 4.47. The highest BCUT2D eigenvalue weighted by Crippen LogP contribution is 2.05. The number of carbonyl (C=O) groups excluding carboxylic acids is 2. The highest BCUT2D eigenvalue weighted by molar-refractivity contribution is 7.07. The third-order valence-corrected chi connectivity index (χ3v) is 4.60. The van der Waals surface area contributed by atoms with Gasteiger partial charge in [0.25, 0.3) is 11.8 Å². The van der Waals surface area contributed by atoms with Crippen molar-refractivity contribution in [2.45, 2.75) is 26.4 Å². The maximum Gasteiger partial charge on any atom is 0.287 e. The molecule has 2 heterocycles. The Kier molecular flexibility index (Phi) is 5.48. The third kappa shape index (κ3) is 4.37. The number of thiazole rings is 1. The number of nitrogens with zero attached hydrogens (tertiary/aromatic N) is 2. The number of aromatic nitrogens is 1. The zero-order valence-corrected chi connectivity index (χ0v) is 15.3. The molecule has 0 saturated carbocycles. The minimum atomic E-state index is -0.748. The zero-order chi connectivity index (χ0) is 18.5. The lowest BCUT2D eigenvalue weighted by atomic mass is 10.1. The molecule has 1 unspecified atom stereocenters. The molecule has 0 aliphatic carbocycles. The quantitative estimate of drug-likeness (QED) is 0.751. The van der Waals surface area contributed by atoms with E-state index in [2.05, 4.69) is 34.6 Å². The molecule has 1 atom stereocenters. The molecule has 2 aromatic heterocycles. The third-order valence-electron chi connectivity index (χ3n) is 3.80. The molecule has 2 amide bonds. The van der Waals surface area contributed by atoms with Gasteiger partial charge in [-0.05, 0) is 31.5 Å². The summed E-state index contributed by atoms with van der Waals surface area (Å²) in [4.78, 5) is 29.1. The summed E-state index contributed by atoms with van der Waals surface area (Å²) >= 11 is 1.38. The number of furan rings is 1. The van der Waals surface area contributed by atoms with Crippen molar-refractivity contribution in [3.05, 3.63) is 75.9 Å². The number of hydrogen-bond acceptors (Lipinski definition) is 4. The SMILES string of the molecule is Cc1ccc(Cn2ccsc2=NC(=O)C(C)NC(=O)c2ccco2)cc1. The molecule has 0 bridgehead atoms. The molecule has 0 saturated heterocycles. The Hall–Kier alpha value is -2.93. The standard InChI is InChI=1S/C19H19N3O3S/c1-13-5-7-15(8-6-13)12-22-9-11-26-19(22)21-17(23)14(2)20-18(24)16-4-3-10-25-16/h3-11,14H,12H2,1-2H3,(H,20,24). The van der Waals surface area contributed by atoms with Crippen LogP contribution in [-0.4, -0.2) is 22.4 Å². The van der Waals surface area contributed by atoms with Crippen molar-refractivity contribution >= 4 is 23.2 Å². The molecule has 6 nitrogen and oxygen atoms in total. The Bertz CT molecular complexity index is 953. The maximum absolute atomic E-state index is 12.3. The van der Waals surface area contributed by atoms with E-state index in [9.17, 15) is 9.59 Å². The Balaban J connectivity index is 1.71. The Labute approximate surface area is 154 Å². The fourth-order valence-electron chi connectivity index (χ4n) is 2.33. The van der Waals surface area contributed by atoms with Crippen LogP contribution in [0.4, 0.5) is 0 Å². The predicted molar refractivity (Wildman–Crippen MR) is 98.8 cm³/mol. The second kappa shape index (κ2) is 7.97. The fraction of sp³-hybridized carbons (Fsp3) is 0.211. The van der Waals surface area contributed by atoms with Gasteiger partial charge in [-0.15, -0.1) is 11.3 Å². The smallest absolute Gasteiger partial charge is 0.287 e. The van der Waals surface area contributed by atoms with E-state index in [0.29, 0.717) is 11.3 Å². The molecule has 7 heteroatoms. The first kappa shape index (κ1) is 17.9. The average molecular weight is 369 g/mol. The van der Waals surface area contributed by atoms with Gasteiger partial charge < -0.3 is 14.3 Å². The number of amides is 2. The molecule has 0 aliphatic rings. The predicted octanol–water partition coefficient (Wildman–Crippen LogP) is 2.75. The highest BCUT2D eigenvalue weighted by Gasteiger charge is 2.17. The van der Waals surface area contributed by atoms with E-state index in [1.165, 1.54) is 23.2 Å². The van der Waals surface area contributed by atoms with Crippen molar-refractivity contribution in [3.8, 4) is 0 Å². The van der Waals surface area contributed by atoms with Gasteiger partial charge >= 0.3 is 0 Å². The first-order valence-electron chi connectivity index (χ1n) is 8.15. The number of nitrogens with one attached hydrogen (secondary N) is 1. The van der Waals surface area contributed by atoms with E-state index < -0.39 is 17.9 Å². The molecule has 0 spiro atoms. The average Bonchev–Trinajstić information content (AvgIpc) is 3.29.